The number of benzene rings is 2. The normalized spacial score (nSPS) is 10.8. The van der Waals surface area contributed by atoms with Gasteiger partial charge in [0.15, 0.2) is 0 Å². The first kappa shape index (κ1) is 19.3. The van der Waals surface area contributed by atoms with Crippen LogP contribution < -0.4 is 4.74 Å². The van der Waals surface area contributed by atoms with Crippen LogP contribution in [0.15, 0.2) is 48.5 Å². The molecule has 5 heteroatoms. The summed E-state index contributed by atoms with van der Waals surface area (Å²) in [5, 5.41) is 0.687. The highest BCUT2D eigenvalue weighted by molar-refractivity contribution is 6.30. The van der Waals surface area contributed by atoms with Crippen LogP contribution >= 0.6 is 11.6 Å². The lowest BCUT2D eigenvalue weighted by molar-refractivity contribution is -0.131. The molecule has 0 unspecified atom stereocenters. The van der Waals surface area contributed by atoms with Crippen LogP contribution in [0.5, 0.6) is 5.75 Å². The number of amides is 1. The van der Waals surface area contributed by atoms with Gasteiger partial charge in [0.25, 0.3) is 0 Å². The minimum atomic E-state index is 0.0947. The molecule has 4 nitrogen and oxygen atoms in total. The Kier molecular flexibility index (Phi) is 7.29. The summed E-state index contributed by atoms with van der Waals surface area (Å²) in [6.07, 6.45) is 0. The predicted molar refractivity (Wildman–Crippen MR) is 102 cm³/mol. The van der Waals surface area contributed by atoms with Crippen molar-refractivity contribution in [3.8, 4) is 5.75 Å². The summed E-state index contributed by atoms with van der Waals surface area (Å²) in [4.78, 5) is 16.1. The van der Waals surface area contributed by atoms with Gasteiger partial charge in [0.05, 0.1) is 6.54 Å². The van der Waals surface area contributed by atoms with Crippen LogP contribution in [0.2, 0.25) is 5.02 Å². The van der Waals surface area contributed by atoms with Crippen LogP contribution in [0.1, 0.15) is 11.1 Å². The summed E-state index contributed by atoms with van der Waals surface area (Å²) in [6.45, 7) is 4.25. The first-order chi connectivity index (χ1) is 12.0. The minimum absolute atomic E-state index is 0.0947. The molecule has 25 heavy (non-hydrogen) atoms. The Morgan fingerprint density at radius 1 is 1.08 bits per heavy atom. The molecule has 0 saturated heterocycles. The van der Waals surface area contributed by atoms with Gasteiger partial charge in [-0.1, -0.05) is 35.9 Å². The maximum Gasteiger partial charge on any atom is 0.236 e. The third-order valence-electron chi connectivity index (χ3n) is 4.06. The van der Waals surface area contributed by atoms with Crippen molar-refractivity contribution in [2.24, 2.45) is 0 Å². The lowest BCUT2D eigenvalue weighted by Crippen LogP contribution is -2.37. The monoisotopic (exact) mass is 360 g/mol. The lowest BCUT2D eigenvalue weighted by Gasteiger charge is -2.22. The zero-order valence-electron chi connectivity index (χ0n) is 15.0. The molecule has 0 aliphatic rings. The topological polar surface area (TPSA) is 32.8 Å². The number of carbonyl (C=O) groups excluding carboxylic acids is 1. The largest absolute Gasteiger partial charge is 0.492 e. The van der Waals surface area contributed by atoms with Gasteiger partial charge in [-0.15, -0.1) is 0 Å². The molecule has 0 fully saturated rings. The van der Waals surface area contributed by atoms with Crippen molar-refractivity contribution in [1.29, 1.82) is 0 Å². The van der Waals surface area contributed by atoms with Crippen molar-refractivity contribution in [3.63, 3.8) is 0 Å². The van der Waals surface area contributed by atoms with Crippen molar-refractivity contribution in [3.05, 3.63) is 64.7 Å². The number of likely N-dealkylation sites (N-methyl/N-ethyl adjacent to an activating group) is 2. The highest BCUT2D eigenvalue weighted by Gasteiger charge is 2.13. The SMILES string of the molecule is Cc1ccccc1CN(C)C(=O)CN(C)CCOc1ccc(Cl)cc1. The molecule has 0 saturated carbocycles. The molecule has 0 radical (unpaired) electrons. The Balaban J connectivity index is 1.73. The number of hydrogen-bond donors (Lipinski definition) is 0. The van der Waals surface area contributed by atoms with Crippen LogP contribution in [-0.2, 0) is 11.3 Å². The van der Waals surface area contributed by atoms with E-state index in [4.69, 9.17) is 16.3 Å². The van der Waals surface area contributed by atoms with Crippen molar-refractivity contribution in [2.75, 3.05) is 33.8 Å². The van der Waals surface area contributed by atoms with Crippen LogP contribution in [0, 0.1) is 6.92 Å². The fourth-order valence-corrected chi connectivity index (χ4v) is 2.54. The fourth-order valence-electron chi connectivity index (χ4n) is 2.41. The predicted octanol–water partition coefficient (Wildman–Crippen LogP) is 3.62. The molecule has 2 aromatic rings. The molecule has 134 valence electrons. The quantitative estimate of drug-likeness (QED) is 0.720. The van der Waals surface area contributed by atoms with Crippen molar-refractivity contribution in [1.82, 2.24) is 9.80 Å². The van der Waals surface area contributed by atoms with Gasteiger partial charge in [-0.3, -0.25) is 9.69 Å². The number of ether oxygens (including phenoxy) is 1. The first-order valence-electron chi connectivity index (χ1n) is 8.31. The zero-order chi connectivity index (χ0) is 18.2. The lowest BCUT2D eigenvalue weighted by atomic mass is 10.1. The second kappa shape index (κ2) is 9.44. The number of carbonyl (C=O) groups is 1. The molecule has 0 heterocycles. The number of halogens is 1. The summed E-state index contributed by atoms with van der Waals surface area (Å²) >= 11 is 5.84. The van der Waals surface area contributed by atoms with E-state index < -0.39 is 0 Å². The Morgan fingerprint density at radius 3 is 2.44 bits per heavy atom. The van der Waals surface area contributed by atoms with E-state index in [2.05, 4.69) is 19.1 Å². The van der Waals surface area contributed by atoms with Crippen LogP contribution in [0.4, 0.5) is 0 Å². The number of hydrogen-bond acceptors (Lipinski definition) is 3. The summed E-state index contributed by atoms with van der Waals surface area (Å²) in [5.74, 6) is 0.873. The summed E-state index contributed by atoms with van der Waals surface area (Å²) in [7, 11) is 3.76. The summed E-state index contributed by atoms with van der Waals surface area (Å²) in [5.41, 5.74) is 2.37. The van der Waals surface area contributed by atoms with E-state index >= 15 is 0 Å². The third-order valence-corrected chi connectivity index (χ3v) is 4.31. The van der Waals surface area contributed by atoms with E-state index in [0.29, 0.717) is 31.3 Å². The van der Waals surface area contributed by atoms with E-state index in [9.17, 15) is 4.79 Å². The van der Waals surface area contributed by atoms with Gasteiger partial charge in [0, 0.05) is 25.2 Å². The molecule has 1 amide bonds. The van der Waals surface area contributed by atoms with E-state index in [0.717, 1.165) is 5.75 Å². The fraction of sp³-hybridized carbons (Fsp3) is 0.350. The van der Waals surface area contributed by atoms with Gasteiger partial charge in [0.2, 0.25) is 5.91 Å². The number of nitrogens with zero attached hydrogens (tertiary/aromatic N) is 2. The molecule has 0 aliphatic heterocycles. The Bertz CT molecular complexity index is 688. The van der Waals surface area contributed by atoms with Crippen LogP contribution in [0.3, 0.4) is 0 Å². The second-order valence-corrected chi connectivity index (χ2v) is 6.65. The average molecular weight is 361 g/mol. The molecule has 0 N–H and O–H groups in total. The summed E-state index contributed by atoms with van der Waals surface area (Å²) < 4.78 is 5.66. The highest BCUT2D eigenvalue weighted by atomic mass is 35.5. The Hall–Kier alpha value is -2.04. The third kappa shape index (κ3) is 6.40. The first-order valence-corrected chi connectivity index (χ1v) is 8.69. The van der Waals surface area contributed by atoms with E-state index in [-0.39, 0.29) is 5.91 Å². The van der Waals surface area contributed by atoms with Gasteiger partial charge in [-0.25, -0.2) is 0 Å². The highest BCUT2D eigenvalue weighted by Crippen LogP contribution is 2.15. The van der Waals surface area contributed by atoms with E-state index in [1.165, 1.54) is 11.1 Å². The Morgan fingerprint density at radius 2 is 1.76 bits per heavy atom. The second-order valence-electron chi connectivity index (χ2n) is 6.22. The average Bonchev–Trinajstić information content (AvgIpc) is 2.58. The number of aryl methyl sites for hydroxylation is 1. The molecular weight excluding hydrogens is 336 g/mol. The Labute approximate surface area is 155 Å². The molecule has 2 rings (SSSR count). The van der Waals surface area contributed by atoms with Gasteiger partial charge < -0.3 is 9.64 Å². The van der Waals surface area contributed by atoms with Crippen molar-refractivity contribution in [2.45, 2.75) is 13.5 Å². The molecular formula is C20H25ClN2O2. The molecule has 2 aromatic carbocycles. The van der Waals surface area contributed by atoms with Gasteiger partial charge in [0.1, 0.15) is 12.4 Å². The molecule has 0 atom stereocenters. The van der Waals surface area contributed by atoms with Gasteiger partial charge >= 0.3 is 0 Å². The van der Waals surface area contributed by atoms with Gasteiger partial charge in [-0.2, -0.15) is 0 Å². The van der Waals surface area contributed by atoms with Gasteiger partial charge in [-0.05, 0) is 49.4 Å². The molecule has 0 spiro atoms. The van der Waals surface area contributed by atoms with E-state index in [1.54, 1.807) is 17.0 Å². The molecule has 0 aromatic heterocycles. The minimum Gasteiger partial charge on any atom is -0.492 e. The molecule has 0 aliphatic carbocycles. The zero-order valence-corrected chi connectivity index (χ0v) is 15.8. The number of rotatable bonds is 8. The molecule has 0 bridgehead atoms. The van der Waals surface area contributed by atoms with Crippen LogP contribution in [0.25, 0.3) is 0 Å². The van der Waals surface area contributed by atoms with E-state index in [1.807, 2.05) is 43.3 Å². The standard InChI is InChI=1S/C20H25ClN2O2/c1-16-6-4-5-7-17(16)14-23(3)20(24)15-22(2)12-13-25-19-10-8-18(21)9-11-19/h4-11H,12-15H2,1-3H3. The smallest absolute Gasteiger partial charge is 0.236 e. The maximum atomic E-state index is 12.4. The summed E-state index contributed by atoms with van der Waals surface area (Å²) in [6, 6.07) is 15.4. The maximum absolute atomic E-state index is 12.4. The van der Waals surface area contributed by atoms with Crippen LogP contribution in [-0.4, -0.2) is 49.5 Å². The van der Waals surface area contributed by atoms with Crippen molar-refractivity contribution >= 4 is 17.5 Å². The van der Waals surface area contributed by atoms with Crippen molar-refractivity contribution < 1.29 is 9.53 Å².